The first-order valence-electron chi connectivity index (χ1n) is 3.12. The van der Waals surface area contributed by atoms with Crippen LogP contribution in [0.15, 0.2) is 0 Å². The third-order valence-electron chi connectivity index (χ3n) is 1.06. The van der Waals surface area contributed by atoms with Crippen molar-refractivity contribution in [1.82, 2.24) is 0 Å². The molecule has 0 aromatic heterocycles. The molecule has 0 atom stereocenters. The van der Waals surface area contributed by atoms with E-state index in [9.17, 15) is 0 Å². The molecular weight excluding hydrogens is 116 g/mol. The van der Waals surface area contributed by atoms with Crippen LogP contribution in [0.1, 0.15) is 32.6 Å². The van der Waals surface area contributed by atoms with Crippen LogP contribution in [-0.2, 0) is 0 Å². The van der Waals surface area contributed by atoms with E-state index in [4.69, 9.17) is 5.73 Å². The zero-order valence-electron chi connectivity index (χ0n) is 6.10. The third-order valence-corrected chi connectivity index (χ3v) is 1.06. The number of halogens is 1. The molecular formula is C6H16BFN. The maximum atomic E-state index is 5.27. The van der Waals surface area contributed by atoms with Gasteiger partial charge < -0.3 is 5.73 Å². The SMILES string of the molecule is CCCCCCN.F.[B]. The lowest BCUT2D eigenvalue weighted by Gasteiger charge is -1.90. The first-order valence-corrected chi connectivity index (χ1v) is 3.12. The molecule has 0 heterocycles. The molecule has 0 aliphatic carbocycles. The highest BCUT2D eigenvalue weighted by atomic mass is 19.0. The second kappa shape index (κ2) is 15.7. The summed E-state index contributed by atoms with van der Waals surface area (Å²) < 4.78 is 0. The second-order valence-corrected chi connectivity index (χ2v) is 1.85. The smallest absolute Gasteiger partial charge is 0 e. The molecule has 0 aromatic rings. The number of hydrogen-bond acceptors (Lipinski definition) is 1. The molecule has 0 aliphatic rings. The molecule has 0 unspecified atom stereocenters. The summed E-state index contributed by atoms with van der Waals surface area (Å²) >= 11 is 0. The van der Waals surface area contributed by atoms with E-state index >= 15 is 0 Å². The Morgan fingerprint density at radius 2 is 1.67 bits per heavy atom. The Labute approximate surface area is 59.0 Å². The van der Waals surface area contributed by atoms with E-state index < -0.39 is 0 Å². The van der Waals surface area contributed by atoms with Crippen LogP contribution in [0.5, 0.6) is 0 Å². The van der Waals surface area contributed by atoms with E-state index in [-0.39, 0.29) is 13.1 Å². The molecule has 0 saturated heterocycles. The second-order valence-electron chi connectivity index (χ2n) is 1.85. The van der Waals surface area contributed by atoms with E-state index in [1.807, 2.05) is 0 Å². The van der Waals surface area contributed by atoms with Crippen molar-refractivity contribution in [3.63, 3.8) is 0 Å². The summed E-state index contributed by atoms with van der Waals surface area (Å²) in [6.07, 6.45) is 5.16. The van der Waals surface area contributed by atoms with E-state index in [0.717, 1.165) is 6.54 Å². The Balaban J connectivity index is -0.000000180. The standard InChI is InChI=1S/C6H15N.B.FH/c1-2-3-4-5-6-7;;/h2-7H2,1H3;;1H. The summed E-state index contributed by atoms with van der Waals surface area (Å²) in [7, 11) is 0. The Kier molecular flexibility index (Phi) is 27.8. The molecule has 2 N–H and O–H groups in total. The molecule has 3 radical (unpaired) electrons. The van der Waals surface area contributed by atoms with Crippen LogP contribution in [-0.4, -0.2) is 15.0 Å². The monoisotopic (exact) mass is 132 g/mol. The van der Waals surface area contributed by atoms with Gasteiger partial charge in [-0.05, 0) is 13.0 Å². The van der Waals surface area contributed by atoms with Crippen molar-refractivity contribution in [2.45, 2.75) is 32.6 Å². The minimum absolute atomic E-state index is 0. The van der Waals surface area contributed by atoms with Gasteiger partial charge in [-0.15, -0.1) is 0 Å². The Morgan fingerprint density at radius 1 is 1.11 bits per heavy atom. The van der Waals surface area contributed by atoms with Gasteiger partial charge >= 0.3 is 0 Å². The van der Waals surface area contributed by atoms with E-state index in [0.29, 0.717) is 0 Å². The van der Waals surface area contributed by atoms with Crippen LogP contribution in [0.25, 0.3) is 0 Å². The summed E-state index contributed by atoms with van der Waals surface area (Å²) in [4.78, 5) is 0. The quantitative estimate of drug-likeness (QED) is 0.452. The predicted octanol–water partition coefficient (Wildman–Crippen LogP) is 1.30. The fraction of sp³-hybridized carbons (Fsp3) is 1.00. The van der Waals surface area contributed by atoms with Crippen LogP contribution in [0, 0.1) is 0 Å². The molecule has 0 fully saturated rings. The van der Waals surface area contributed by atoms with Gasteiger partial charge in [-0.1, -0.05) is 26.2 Å². The maximum absolute atomic E-state index is 5.27. The van der Waals surface area contributed by atoms with Crippen LogP contribution in [0.2, 0.25) is 0 Å². The number of rotatable bonds is 4. The van der Waals surface area contributed by atoms with Crippen LogP contribution in [0.4, 0.5) is 4.70 Å². The van der Waals surface area contributed by atoms with Crippen LogP contribution in [0.3, 0.4) is 0 Å². The number of nitrogens with two attached hydrogens (primary N) is 1. The van der Waals surface area contributed by atoms with Crippen molar-refractivity contribution in [2.75, 3.05) is 6.54 Å². The van der Waals surface area contributed by atoms with E-state index in [2.05, 4.69) is 6.92 Å². The topological polar surface area (TPSA) is 26.0 Å². The predicted molar refractivity (Wildman–Crippen MR) is 41.5 cm³/mol. The third kappa shape index (κ3) is 18.0. The van der Waals surface area contributed by atoms with Gasteiger partial charge in [0.15, 0.2) is 0 Å². The van der Waals surface area contributed by atoms with Crippen molar-refractivity contribution < 1.29 is 4.70 Å². The van der Waals surface area contributed by atoms with Crippen LogP contribution >= 0.6 is 0 Å². The van der Waals surface area contributed by atoms with Crippen molar-refractivity contribution >= 4 is 8.41 Å². The summed E-state index contributed by atoms with van der Waals surface area (Å²) in [5.41, 5.74) is 5.27. The molecule has 3 heteroatoms. The van der Waals surface area contributed by atoms with Gasteiger partial charge in [0, 0.05) is 8.41 Å². The average molecular weight is 132 g/mol. The van der Waals surface area contributed by atoms with Gasteiger partial charge in [-0.25, -0.2) is 0 Å². The zero-order chi connectivity index (χ0) is 5.54. The van der Waals surface area contributed by atoms with E-state index in [1.54, 1.807) is 0 Å². The lowest BCUT2D eigenvalue weighted by Crippen LogP contribution is -1.97. The summed E-state index contributed by atoms with van der Waals surface area (Å²) in [5, 5.41) is 0. The number of unbranched alkanes of at least 4 members (excludes halogenated alkanes) is 3. The lowest BCUT2D eigenvalue weighted by atomic mass is 10.2. The van der Waals surface area contributed by atoms with Gasteiger partial charge in [0.25, 0.3) is 0 Å². The summed E-state index contributed by atoms with van der Waals surface area (Å²) in [5.74, 6) is 0. The summed E-state index contributed by atoms with van der Waals surface area (Å²) in [6.45, 7) is 3.07. The molecule has 0 bridgehead atoms. The van der Waals surface area contributed by atoms with Crippen molar-refractivity contribution in [3.8, 4) is 0 Å². The molecule has 9 heavy (non-hydrogen) atoms. The Bertz CT molecular complexity index is 32.2. The van der Waals surface area contributed by atoms with Gasteiger partial charge in [-0.3, -0.25) is 4.70 Å². The minimum Gasteiger partial charge on any atom is -0.330 e. The maximum Gasteiger partial charge on any atom is 0 e. The lowest BCUT2D eigenvalue weighted by molar-refractivity contribution is 0.674. The van der Waals surface area contributed by atoms with Gasteiger partial charge in [0.05, 0.1) is 0 Å². The van der Waals surface area contributed by atoms with Crippen molar-refractivity contribution in [2.24, 2.45) is 5.73 Å². The van der Waals surface area contributed by atoms with Gasteiger partial charge in [0.2, 0.25) is 0 Å². The first-order chi connectivity index (χ1) is 3.41. The van der Waals surface area contributed by atoms with Gasteiger partial charge in [-0.2, -0.15) is 0 Å². The van der Waals surface area contributed by atoms with Crippen molar-refractivity contribution in [1.29, 1.82) is 0 Å². The normalized spacial score (nSPS) is 7.33. The van der Waals surface area contributed by atoms with Gasteiger partial charge in [0.1, 0.15) is 0 Å². The molecule has 0 rings (SSSR count). The molecule has 1 nitrogen and oxygen atoms in total. The average Bonchev–Trinajstić information content (AvgIpc) is 1.69. The minimum atomic E-state index is 0. The molecule has 0 spiro atoms. The fourth-order valence-corrected chi connectivity index (χ4v) is 0.571. The number of hydrogen-bond donors (Lipinski definition) is 1. The largest absolute Gasteiger partial charge is 0.330 e. The molecule has 0 aromatic carbocycles. The highest BCUT2D eigenvalue weighted by molar-refractivity contribution is 5.75. The highest BCUT2D eigenvalue weighted by Gasteiger charge is 1.80. The fourth-order valence-electron chi connectivity index (χ4n) is 0.571. The molecule has 0 saturated carbocycles. The van der Waals surface area contributed by atoms with Crippen molar-refractivity contribution in [3.05, 3.63) is 0 Å². The molecule has 55 valence electrons. The molecule has 0 amide bonds. The van der Waals surface area contributed by atoms with E-state index in [1.165, 1.54) is 25.7 Å². The highest BCUT2D eigenvalue weighted by Crippen LogP contribution is 1.95. The first kappa shape index (κ1) is 16.0. The zero-order valence-corrected chi connectivity index (χ0v) is 6.10. The van der Waals surface area contributed by atoms with Crippen LogP contribution < -0.4 is 5.73 Å². The molecule has 0 aliphatic heterocycles. The Morgan fingerprint density at radius 3 is 2.00 bits per heavy atom. The Hall–Kier alpha value is -0.0451. The summed E-state index contributed by atoms with van der Waals surface area (Å²) in [6, 6.07) is 0.